The van der Waals surface area contributed by atoms with Crippen LogP contribution in [0, 0.1) is 0 Å². The molecular formula is C25H60O2Si2. The van der Waals surface area contributed by atoms with Gasteiger partial charge in [0.25, 0.3) is 0 Å². The third-order valence-corrected chi connectivity index (χ3v) is 16.4. The van der Waals surface area contributed by atoms with Crippen LogP contribution in [0.4, 0.5) is 0 Å². The maximum atomic E-state index is 9.44. The van der Waals surface area contributed by atoms with E-state index >= 15 is 0 Å². The number of rotatable bonds is 8. The Kier molecular flexibility index (Phi) is 22.3. The second kappa shape index (κ2) is 17.7. The number of hydrogen-bond acceptors (Lipinski definition) is 2. The van der Waals surface area contributed by atoms with Gasteiger partial charge in [0, 0.05) is 14.9 Å². The standard InChI is InChI=1S/C12H28OSi.C9H22Si.C3H6O.CH4/c1-9(2)13-14(10(3)4,11(5)6)12(7)8;1-7(2)10(8(3)4)9(5)6;1-3(2)4;/h9-12H,1-8H3;7-10H,1-6H3;1-2H3;1H4. The first kappa shape index (κ1) is 36.4. The predicted molar refractivity (Wildman–Crippen MR) is 143 cm³/mol. The minimum atomic E-state index is -1.59. The van der Waals surface area contributed by atoms with Crippen LogP contribution in [-0.2, 0) is 9.22 Å². The monoisotopic (exact) mass is 448 g/mol. The Labute approximate surface area is 189 Å². The summed E-state index contributed by atoms with van der Waals surface area (Å²) >= 11 is 0. The zero-order valence-electron chi connectivity index (χ0n) is 22.4. The number of carbonyl (C=O) groups excluding carboxylic acids is 1. The number of Topliss-reactive ketones (excluding diaryl/α,β-unsaturated/α-hetero) is 1. The summed E-state index contributed by atoms with van der Waals surface area (Å²) in [6.45, 7) is 35.7. The summed E-state index contributed by atoms with van der Waals surface area (Å²) in [5.74, 6) is 0.167. The van der Waals surface area contributed by atoms with E-state index in [9.17, 15) is 4.79 Å². The summed E-state index contributed by atoms with van der Waals surface area (Å²) in [5.41, 5.74) is 5.01. The molecule has 0 saturated heterocycles. The lowest BCUT2D eigenvalue weighted by molar-refractivity contribution is -0.114. The van der Waals surface area contributed by atoms with Gasteiger partial charge in [-0.25, -0.2) is 0 Å². The van der Waals surface area contributed by atoms with Crippen LogP contribution in [0.15, 0.2) is 0 Å². The van der Waals surface area contributed by atoms with E-state index in [1.165, 1.54) is 13.8 Å². The summed E-state index contributed by atoms with van der Waals surface area (Å²) < 4.78 is 6.36. The quantitative estimate of drug-likeness (QED) is 0.346. The van der Waals surface area contributed by atoms with Gasteiger partial charge in [-0.1, -0.05) is 107 Å². The largest absolute Gasteiger partial charge is 0.414 e. The SMILES string of the molecule is C.CC(C)=O.CC(C)O[Si](C(C)C)(C(C)C)C(C)C.CC(C)[SiH](C(C)C)C(C)C. The van der Waals surface area contributed by atoms with Crippen LogP contribution in [-0.4, -0.2) is 29.0 Å². The van der Waals surface area contributed by atoms with Crippen molar-refractivity contribution in [3.63, 3.8) is 0 Å². The van der Waals surface area contributed by atoms with Crippen LogP contribution in [0.2, 0.25) is 33.2 Å². The number of carbonyl (C=O) groups is 1. The first-order chi connectivity index (χ1) is 12.4. The molecule has 180 valence electrons. The van der Waals surface area contributed by atoms with Gasteiger partial charge in [-0.2, -0.15) is 0 Å². The summed E-state index contributed by atoms with van der Waals surface area (Å²) in [6.07, 6.45) is 0.369. The molecule has 0 aliphatic carbocycles. The molecule has 0 aromatic heterocycles. The molecule has 0 saturated carbocycles. The van der Waals surface area contributed by atoms with E-state index in [2.05, 4.69) is 96.9 Å². The van der Waals surface area contributed by atoms with E-state index in [1.807, 2.05) is 0 Å². The van der Waals surface area contributed by atoms with Crippen molar-refractivity contribution in [3.8, 4) is 0 Å². The van der Waals surface area contributed by atoms with Crippen molar-refractivity contribution in [2.75, 3.05) is 0 Å². The fraction of sp³-hybridized carbons (Fsp3) is 0.960. The average Bonchev–Trinajstić information content (AvgIpc) is 2.41. The maximum absolute atomic E-state index is 9.44. The first-order valence-corrected chi connectivity index (χ1v) is 15.7. The summed E-state index contributed by atoms with van der Waals surface area (Å²) in [7, 11) is -2.04. The lowest BCUT2D eigenvalue weighted by Gasteiger charge is -2.43. The molecule has 2 nitrogen and oxygen atoms in total. The first-order valence-electron chi connectivity index (χ1n) is 11.6. The van der Waals surface area contributed by atoms with Gasteiger partial charge in [-0.3, -0.25) is 0 Å². The van der Waals surface area contributed by atoms with E-state index in [1.54, 1.807) is 0 Å². The van der Waals surface area contributed by atoms with Gasteiger partial charge < -0.3 is 9.22 Å². The van der Waals surface area contributed by atoms with Crippen LogP contribution < -0.4 is 0 Å². The molecule has 0 bridgehead atoms. The van der Waals surface area contributed by atoms with Crippen molar-refractivity contribution in [2.45, 2.75) is 158 Å². The fourth-order valence-electron chi connectivity index (χ4n) is 5.13. The molecule has 0 aromatic rings. The van der Waals surface area contributed by atoms with Crippen LogP contribution in [0.3, 0.4) is 0 Å². The normalized spacial score (nSPS) is 11.9. The fourth-order valence-corrected chi connectivity index (χ4v) is 15.4. The average molecular weight is 449 g/mol. The van der Waals surface area contributed by atoms with Gasteiger partial charge >= 0.3 is 0 Å². The summed E-state index contributed by atoms with van der Waals surface area (Å²) in [6, 6.07) is 0. The van der Waals surface area contributed by atoms with Crippen molar-refractivity contribution in [1.29, 1.82) is 0 Å². The van der Waals surface area contributed by atoms with E-state index < -0.39 is 17.1 Å². The van der Waals surface area contributed by atoms with Gasteiger partial charge in [0.15, 0.2) is 0 Å². The Morgan fingerprint density at radius 2 is 0.828 bits per heavy atom. The summed E-state index contributed by atoms with van der Waals surface area (Å²) in [5, 5.41) is 0. The highest BCUT2D eigenvalue weighted by Gasteiger charge is 2.45. The molecule has 0 aliphatic rings. The topological polar surface area (TPSA) is 26.3 Å². The Morgan fingerprint density at radius 1 is 0.621 bits per heavy atom. The number of ketones is 1. The molecular weight excluding hydrogens is 388 g/mol. The van der Waals surface area contributed by atoms with Gasteiger partial charge in [-0.05, 0) is 44.3 Å². The Morgan fingerprint density at radius 3 is 0.862 bits per heavy atom. The molecule has 29 heavy (non-hydrogen) atoms. The van der Waals surface area contributed by atoms with Crippen molar-refractivity contribution in [3.05, 3.63) is 0 Å². The molecule has 0 rings (SSSR count). The highest BCUT2D eigenvalue weighted by molar-refractivity contribution is 6.77. The Hall–Kier alpha value is 0.0638. The van der Waals surface area contributed by atoms with Gasteiger partial charge in [0.1, 0.15) is 5.78 Å². The smallest absolute Gasteiger partial charge is 0.200 e. The van der Waals surface area contributed by atoms with Gasteiger partial charge in [0.05, 0.1) is 0 Å². The molecule has 0 heterocycles. The molecule has 0 radical (unpaired) electrons. The molecule has 0 amide bonds. The zero-order chi connectivity index (χ0) is 23.4. The minimum Gasteiger partial charge on any atom is -0.414 e. The van der Waals surface area contributed by atoms with Crippen LogP contribution in [0.5, 0.6) is 0 Å². The molecule has 0 spiro atoms. The second-order valence-electron chi connectivity index (χ2n) is 10.7. The van der Waals surface area contributed by atoms with Gasteiger partial charge in [0.2, 0.25) is 8.32 Å². The van der Waals surface area contributed by atoms with Crippen LogP contribution >= 0.6 is 0 Å². The van der Waals surface area contributed by atoms with Crippen LogP contribution in [0.25, 0.3) is 0 Å². The lowest BCUT2D eigenvalue weighted by Crippen LogP contribution is -2.49. The molecule has 0 aromatic carbocycles. The molecule has 0 aliphatic heterocycles. The zero-order valence-corrected chi connectivity index (χ0v) is 24.6. The highest BCUT2D eigenvalue weighted by atomic mass is 28.4. The Balaban J connectivity index is -0.000000183. The van der Waals surface area contributed by atoms with E-state index in [0.717, 1.165) is 16.6 Å². The maximum Gasteiger partial charge on any atom is 0.200 e. The molecule has 0 unspecified atom stereocenters. The van der Waals surface area contributed by atoms with Crippen LogP contribution in [0.1, 0.15) is 118 Å². The van der Waals surface area contributed by atoms with Crippen molar-refractivity contribution >= 4 is 22.9 Å². The second-order valence-corrected chi connectivity index (χ2v) is 21.3. The molecule has 0 fully saturated rings. The predicted octanol–water partition coefficient (Wildman–Crippen LogP) is 9.26. The van der Waals surface area contributed by atoms with Gasteiger partial charge in [-0.15, -0.1) is 0 Å². The third-order valence-electron chi connectivity index (χ3n) is 5.46. The third kappa shape index (κ3) is 15.5. The minimum absolute atomic E-state index is 0. The molecule has 0 N–H and O–H groups in total. The summed E-state index contributed by atoms with van der Waals surface area (Å²) in [4.78, 5) is 9.44. The van der Waals surface area contributed by atoms with Crippen molar-refractivity contribution in [1.82, 2.24) is 0 Å². The molecule has 0 atom stereocenters. The van der Waals surface area contributed by atoms with E-state index in [4.69, 9.17) is 4.43 Å². The van der Waals surface area contributed by atoms with Crippen molar-refractivity contribution in [2.24, 2.45) is 0 Å². The number of hydrogen-bond donors (Lipinski definition) is 0. The molecule has 4 heteroatoms. The van der Waals surface area contributed by atoms with Crippen molar-refractivity contribution < 1.29 is 9.22 Å². The van der Waals surface area contributed by atoms with E-state index in [0.29, 0.717) is 22.7 Å². The lowest BCUT2D eigenvalue weighted by atomic mass is 10.5. The van der Waals surface area contributed by atoms with E-state index in [-0.39, 0.29) is 13.2 Å². The highest BCUT2D eigenvalue weighted by Crippen LogP contribution is 2.42. The Bertz CT molecular complexity index is 341.